The molecule has 0 aromatic heterocycles. The predicted octanol–water partition coefficient (Wildman–Crippen LogP) is 2.67. The highest BCUT2D eigenvalue weighted by molar-refractivity contribution is 6.06. The van der Waals surface area contributed by atoms with Crippen molar-refractivity contribution in [1.82, 2.24) is 5.32 Å². The van der Waals surface area contributed by atoms with Crippen LogP contribution in [0.1, 0.15) is 10.4 Å². The van der Waals surface area contributed by atoms with Gasteiger partial charge >= 0.3 is 18.1 Å². The number of halogens is 3. The molecule has 0 unspecified atom stereocenters. The maximum absolute atomic E-state index is 12.0. The van der Waals surface area contributed by atoms with Crippen LogP contribution in [0, 0.1) is 0 Å². The Bertz CT molecular complexity index is 818. The number of hydrogen-bond donors (Lipinski definition) is 2. The van der Waals surface area contributed by atoms with E-state index in [2.05, 4.69) is 16.3 Å². The molecule has 1 aliphatic heterocycles. The zero-order valence-electron chi connectivity index (χ0n) is 14.5. The van der Waals surface area contributed by atoms with Gasteiger partial charge in [-0.05, 0) is 22.9 Å². The van der Waals surface area contributed by atoms with Gasteiger partial charge in [0.05, 0.1) is 12.7 Å². The summed E-state index contributed by atoms with van der Waals surface area (Å²) in [6.45, 7) is 3.86. The van der Waals surface area contributed by atoms with Crippen LogP contribution >= 0.6 is 0 Å². The number of carbonyl (C=O) groups excluding carboxylic acids is 1. The predicted molar refractivity (Wildman–Crippen MR) is 94.1 cm³/mol. The third-order valence-corrected chi connectivity index (χ3v) is 3.98. The fourth-order valence-electron chi connectivity index (χ4n) is 2.68. The number of piperazine rings is 1. The van der Waals surface area contributed by atoms with Gasteiger partial charge in [-0.1, -0.05) is 24.3 Å². The van der Waals surface area contributed by atoms with E-state index < -0.39 is 12.1 Å². The second-order valence-corrected chi connectivity index (χ2v) is 5.75. The van der Waals surface area contributed by atoms with Gasteiger partial charge in [0.25, 0.3) is 0 Å². The minimum absolute atomic E-state index is 0.279. The highest BCUT2D eigenvalue weighted by atomic mass is 19.4. The first-order valence-electron chi connectivity index (χ1n) is 8.11. The number of carboxylic acids is 1. The molecule has 0 saturated carbocycles. The number of methoxy groups -OCH3 is 1. The Hall–Kier alpha value is -2.81. The van der Waals surface area contributed by atoms with E-state index in [1.54, 1.807) is 0 Å². The number of ether oxygens (including phenoxy) is 1. The molecule has 0 bridgehead atoms. The first-order valence-corrected chi connectivity index (χ1v) is 8.11. The van der Waals surface area contributed by atoms with Crippen molar-refractivity contribution in [2.75, 3.05) is 38.2 Å². The molecule has 1 aliphatic rings. The SMILES string of the molecule is COC(=O)c1cc(N2CCNCC2)cc2ccccc12.O=C(O)C(F)(F)F. The van der Waals surface area contributed by atoms with E-state index in [9.17, 15) is 18.0 Å². The highest BCUT2D eigenvalue weighted by Crippen LogP contribution is 2.27. The maximum Gasteiger partial charge on any atom is 0.490 e. The molecule has 0 spiro atoms. The second-order valence-electron chi connectivity index (χ2n) is 5.75. The number of benzene rings is 2. The normalized spacial score (nSPS) is 14.3. The van der Waals surface area contributed by atoms with E-state index in [1.165, 1.54) is 7.11 Å². The van der Waals surface area contributed by atoms with Gasteiger partial charge in [-0.25, -0.2) is 9.59 Å². The number of carbonyl (C=O) groups is 2. The summed E-state index contributed by atoms with van der Waals surface area (Å²) in [7, 11) is 1.43. The number of esters is 1. The van der Waals surface area contributed by atoms with Crippen LogP contribution in [0.15, 0.2) is 36.4 Å². The summed E-state index contributed by atoms with van der Waals surface area (Å²) in [5.74, 6) is -3.04. The van der Waals surface area contributed by atoms with Crippen LogP contribution in [-0.4, -0.2) is 56.5 Å². The molecule has 0 aliphatic carbocycles. The summed E-state index contributed by atoms with van der Waals surface area (Å²) in [5.41, 5.74) is 1.73. The van der Waals surface area contributed by atoms with Crippen molar-refractivity contribution in [3.63, 3.8) is 0 Å². The van der Waals surface area contributed by atoms with Crippen molar-refractivity contribution in [1.29, 1.82) is 0 Å². The van der Waals surface area contributed by atoms with E-state index in [1.807, 2.05) is 30.3 Å². The molecule has 9 heteroatoms. The Morgan fingerprint density at radius 2 is 1.74 bits per heavy atom. The minimum Gasteiger partial charge on any atom is -0.475 e. The largest absolute Gasteiger partial charge is 0.490 e. The lowest BCUT2D eigenvalue weighted by atomic mass is 10.0. The number of anilines is 1. The topological polar surface area (TPSA) is 78.9 Å². The number of alkyl halides is 3. The molecule has 0 atom stereocenters. The van der Waals surface area contributed by atoms with Crippen LogP contribution in [0.25, 0.3) is 10.8 Å². The first kappa shape index (κ1) is 20.5. The van der Waals surface area contributed by atoms with Crippen molar-refractivity contribution in [2.24, 2.45) is 0 Å². The summed E-state index contributed by atoms with van der Waals surface area (Å²) in [6.07, 6.45) is -5.08. The van der Waals surface area contributed by atoms with Gasteiger partial charge in [-0.3, -0.25) is 0 Å². The lowest BCUT2D eigenvalue weighted by molar-refractivity contribution is -0.192. The quantitative estimate of drug-likeness (QED) is 0.776. The second kappa shape index (κ2) is 8.72. The Kier molecular flexibility index (Phi) is 6.62. The first-order chi connectivity index (χ1) is 12.7. The van der Waals surface area contributed by atoms with E-state index >= 15 is 0 Å². The van der Waals surface area contributed by atoms with Gasteiger partial charge in [-0.2, -0.15) is 13.2 Å². The number of nitrogens with one attached hydrogen (secondary N) is 1. The summed E-state index contributed by atoms with van der Waals surface area (Å²) in [6, 6.07) is 12.0. The van der Waals surface area contributed by atoms with Crippen LogP contribution in [0.2, 0.25) is 0 Å². The van der Waals surface area contributed by atoms with Crippen LogP contribution < -0.4 is 10.2 Å². The summed E-state index contributed by atoms with van der Waals surface area (Å²) in [4.78, 5) is 23.2. The van der Waals surface area contributed by atoms with Crippen LogP contribution in [-0.2, 0) is 9.53 Å². The molecule has 1 saturated heterocycles. The fraction of sp³-hybridized carbons (Fsp3) is 0.333. The Morgan fingerprint density at radius 3 is 2.30 bits per heavy atom. The maximum atomic E-state index is 12.0. The molecule has 6 nitrogen and oxygen atoms in total. The molecule has 0 radical (unpaired) electrons. The number of aliphatic carboxylic acids is 1. The molecular weight excluding hydrogens is 365 g/mol. The lowest BCUT2D eigenvalue weighted by Gasteiger charge is -2.30. The monoisotopic (exact) mass is 384 g/mol. The van der Waals surface area contributed by atoms with E-state index in [0.717, 1.165) is 42.6 Å². The van der Waals surface area contributed by atoms with Gasteiger partial charge in [0.2, 0.25) is 0 Å². The zero-order chi connectivity index (χ0) is 20.0. The van der Waals surface area contributed by atoms with Crippen molar-refractivity contribution >= 4 is 28.4 Å². The molecule has 2 N–H and O–H groups in total. The number of hydrogen-bond acceptors (Lipinski definition) is 5. The van der Waals surface area contributed by atoms with Crippen molar-refractivity contribution in [2.45, 2.75) is 6.18 Å². The Morgan fingerprint density at radius 1 is 1.15 bits per heavy atom. The fourth-order valence-corrected chi connectivity index (χ4v) is 2.68. The molecule has 0 amide bonds. The van der Waals surface area contributed by atoms with Crippen LogP contribution in [0.5, 0.6) is 0 Å². The molecule has 27 heavy (non-hydrogen) atoms. The molecule has 146 valence electrons. The molecule has 2 aromatic rings. The third kappa shape index (κ3) is 5.33. The van der Waals surface area contributed by atoms with Gasteiger partial charge in [0.15, 0.2) is 0 Å². The minimum atomic E-state index is -5.08. The lowest BCUT2D eigenvalue weighted by Crippen LogP contribution is -2.43. The number of carboxylic acid groups (broad SMARTS) is 1. The average molecular weight is 384 g/mol. The molecule has 1 fully saturated rings. The number of nitrogens with zero attached hydrogens (tertiary/aromatic N) is 1. The average Bonchev–Trinajstić information content (AvgIpc) is 2.67. The Balaban J connectivity index is 0.000000321. The van der Waals surface area contributed by atoms with E-state index in [4.69, 9.17) is 14.6 Å². The molecule has 2 aromatic carbocycles. The van der Waals surface area contributed by atoms with Crippen molar-refractivity contribution in [3.8, 4) is 0 Å². The van der Waals surface area contributed by atoms with Gasteiger partial charge < -0.3 is 20.1 Å². The van der Waals surface area contributed by atoms with Crippen LogP contribution in [0.3, 0.4) is 0 Å². The molecular formula is C18H19F3N2O4. The summed E-state index contributed by atoms with van der Waals surface area (Å²) in [5, 5.41) is 12.5. The van der Waals surface area contributed by atoms with Crippen molar-refractivity contribution in [3.05, 3.63) is 42.0 Å². The molecule has 1 heterocycles. The van der Waals surface area contributed by atoms with Gasteiger partial charge in [-0.15, -0.1) is 0 Å². The number of rotatable bonds is 2. The van der Waals surface area contributed by atoms with E-state index in [0.29, 0.717) is 5.56 Å². The van der Waals surface area contributed by atoms with Gasteiger partial charge in [0, 0.05) is 31.9 Å². The summed E-state index contributed by atoms with van der Waals surface area (Å²) < 4.78 is 36.7. The van der Waals surface area contributed by atoms with Crippen LogP contribution in [0.4, 0.5) is 18.9 Å². The van der Waals surface area contributed by atoms with Gasteiger partial charge in [0.1, 0.15) is 0 Å². The van der Waals surface area contributed by atoms with Crippen molar-refractivity contribution < 1.29 is 32.6 Å². The van der Waals surface area contributed by atoms with E-state index in [-0.39, 0.29) is 5.97 Å². The standard InChI is InChI=1S/C16H18N2O2.C2HF3O2/c1-20-16(19)15-11-13(18-8-6-17-7-9-18)10-12-4-2-3-5-14(12)15;3-2(4,5)1(6)7/h2-5,10-11,17H,6-9H2,1H3;(H,6,7). The number of fused-ring (bicyclic) bond motifs is 1. The zero-order valence-corrected chi connectivity index (χ0v) is 14.5. The molecule has 3 rings (SSSR count). The smallest absolute Gasteiger partial charge is 0.475 e. The highest BCUT2D eigenvalue weighted by Gasteiger charge is 2.38. The summed E-state index contributed by atoms with van der Waals surface area (Å²) >= 11 is 0. The Labute approximate surface area is 153 Å². The third-order valence-electron chi connectivity index (χ3n) is 3.98.